The van der Waals surface area contributed by atoms with Gasteiger partial charge in [-0.1, -0.05) is 49.7 Å². The molecule has 0 heterocycles. The minimum atomic E-state index is -0.557. The molecule has 0 N–H and O–H groups in total. The first-order valence-corrected chi connectivity index (χ1v) is 10.6. The van der Waals surface area contributed by atoms with Gasteiger partial charge in [0.25, 0.3) is 0 Å². The van der Waals surface area contributed by atoms with E-state index >= 15 is 0 Å². The van der Waals surface area contributed by atoms with Gasteiger partial charge in [0, 0.05) is 0 Å². The van der Waals surface area contributed by atoms with Gasteiger partial charge in [-0.25, -0.2) is 9.59 Å². The van der Waals surface area contributed by atoms with E-state index in [1.807, 2.05) is 30.3 Å². The van der Waals surface area contributed by atoms with Crippen molar-refractivity contribution < 1.29 is 28.5 Å². The lowest BCUT2D eigenvalue weighted by Crippen LogP contribution is -2.13. The molecule has 6 heteroatoms. The molecule has 0 unspecified atom stereocenters. The number of rotatable bonds is 11. The zero-order chi connectivity index (χ0) is 22.6. The number of benzene rings is 3. The molecule has 0 fully saturated rings. The Morgan fingerprint density at radius 2 is 1.47 bits per heavy atom. The standard InChI is InChI=1S/C26H26O6/c1-2-3-16-30-24-15-8-7-14-23(24)26(28)32-22-13-9-10-20(19-22)25(27)31-18-17-29-21-11-5-4-6-12-21/h4-15,19H,2-3,16-18H2,1H3. The summed E-state index contributed by atoms with van der Waals surface area (Å²) in [5.41, 5.74) is 0.608. The van der Waals surface area contributed by atoms with E-state index in [4.69, 9.17) is 18.9 Å². The van der Waals surface area contributed by atoms with Crippen molar-refractivity contribution in [1.29, 1.82) is 0 Å². The second kappa shape index (κ2) is 12.2. The van der Waals surface area contributed by atoms with Crippen LogP contribution in [0.15, 0.2) is 78.9 Å². The Hall–Kier alpha value is -3.80. The van der Waals surface area contributed by atoms with E-state index in [-0.39, 0.29) is 24.5 Å². The quantitative estimate of drug-likeness (QED) is 0.231. The summed E-state index contributed by atoms with van der Waals surface area (Å²) in [6.07, 6.45) is 1.89. The van der Waals surface area contributed by atoms with Crippen LogP contribution in [0.3, 0.4) is 0 Å². The molecular formula is C26H26O6. The highest BCUT2D eigenvalue weighted by atomic mass is 16.6. The van der Waals surface area contributed by atoms with E-state index in [0.717, 1.165) is 12.8 Å². The molecule has 0 aliphatic heterocycles. The van der Waals surface area contributed by atoms with Crippen molar-refractivity contribution in [2.45, 2.75) is 19.8 Å². The highest BCUT2D eigenvalue weighted by Crippen LogP contribution is 2.22. The molecule has 6 nitrogen and oxygen atoms in total. The summed E-state index contributed by atoms with van der Waals surface area (Å²) < 4.78 is 21.9. The Morgan fingerprint density at radius 3 is 2.28 bits per heavy atom. The average Bonchev–Trinajstić information content (AvgIpc) is 2.83. The third-order valence-corrected chi connectivity index (χ3v) is 4.47. The van der Waals surface area contributed by atoms with Crippen molar-refractivity contribution in [2.24, 2.45) is 0 Å². The Bertz CT molecular complexity index is 1020. The van der Waals surface area contributed by atoms with E-state index in [1.54, 1.807) is 42.5 Å². The summed E-state index contributed by atoms with van der Waals surface area (Å²) in [6, 6.07) is 22.5. The van der Waals surface area contributed by atoms with Crippen LogP contribution in [0.5, 0.6) is 17.2 Å². The van der Waals surface area contributed by atoms with Crippen LogP contribution >= 0.6 is 0 Å². The van der Waals surface area contributed by atoms with Gasteiger partial charge < -0.3 is 18.9 Å². The molecule has 0 saturated carbocycles. The van der Waals surface area contributed by atoms with E-state index in [1.165, 1.54) is 6.07 Å². The molecule has 0 aromatic heterocycles. The maximum Gasteiger partial charge on any atom is 0.347 e. The largest absolute Gasteiger partial charge is 0.493 e. The lowest BCUT2D eigenvalue weighted by atomic mass is 10.2. The maximum atomic E-state index is 12.7. The molecule has 0 amide bonds. The molecule has 0 aliphatic carbocycles. The van der Waals surface area contributed by atoms with Crippen LogP contribution in [0, 0.1) is 0 Å². The summed E-state index contributed by atoms with van der Waals surface area (Å²) in [6.45, 7) is 2.92. The van der Waals surface area contributed by atoms with Gasteiger partial charge in [0.1, 0.15) is 36.0 Å². The van der Waals surface area contributed by atoms with Crippen molar-refractivity contribution >= 4 is 11.9 Å². The minimum Gasteiger partial charge on any atom is -0.493 e. The Kier molecular flexibility index (Phi) is 8.69. The molecule has 3 aromatic carbocycles. The molecule has 0 bridgehead atoms. The van der Waals surface area contributed by atoms with Gasteiger partial charge in [0.15, 0.2) is 0 Å². The first-order chi connectivity index (χ1) is 15.7. The molecule has 3 rings (SSSR count). The van der Waals surface area contributed by atoms with Crippen molar-refractivity contribution in [1.82, 2.24) is 0 Å². The van der Waals surface area contributed by atoms with Crippen molar-refractivity contribution in [3.05, 3.63) is 90.0 Å². The van der Waals surface area contributed by atoms with Gasteiger partial charge >= 0.3 is 11.9 Å². The van der Waals surface area contributed by atoms with Crippen LogP contribution in [-0.2, 0) is 4.74 Å². The van der Waals surface area contributed by atoms with Crippen LogP contribution in [0.1, 0.15) is 40.5 Å². The van der Waals surface area contributed by atoms with Crippen LogP contribution in [0.4, 0.5) is 0 Å². The topological polar surface area (TPSA) is 71.1 Å². The summed E-state index contributed by atoms with van der Waals surface area (Å²) in [5.74, 6) is 0.339. The number of hydrogen-bond acceptors (Lipinski definition) is 6. The highest BCUT2D eigenvalue weighted by molar-refractivity contribution is 5.94. The van der Waals surface area contributed by atoms with Gasteiger partial charge in [0.05, 0.1) is 12.2 Å². The van der Waals surface area contributed by atoms with Crippen molar-refractivity contribution in [3.63, 3.8) is 0 Å². The molecular weight excluding hydrogens is 408 g/mol. The van der Waals surface area contributed by atoms with Crippen LogP contribution in [-0.4, -0.2) is 31.8 Å². The van der Waals surface area contributed by atoms with Gasteiger partial charge in [0.2, 0.25) is 0 Å². The first kappa shape index (κ1) is 22.9. The summed E-state index contributed by atoms with van der Waals surface area (Å²) in [4.78, 5) is 25.0. The van der Waals surface area contributed by atoms with Crippen molar-refractivity contribution in [3.8, 4) is 17.2 Å². The van der Waals surface area contributed by atoms with Gasteiger partial charge in [-0.05, 0) is 48.9 Å². The van der Waals surface area contributed by atoms with E-state index in [9.17, 15) is 9.59 Å². The number of carbonyl (C=O) groups excluding carboxylic acids is 2. The number of esters is 2. The number of ether oxygens (including phenoxy) is 4. The Morgan fingerprint density at radius 1 is 0.719 bits per heavy atom. The smallest absolute Gasteiger partial charge is 0.347 e. The maximum absolute atomic E-state index is 12.7. The van der Waals surface area contributed by atoms with E-state index in [0.29, 0.717) is 23.7 Å². The van der Waals surface area contributed by atoms with Crippen LogP contribution in [0.25, 0.3) is 0 Å². The number of hydrogen-bond donors (Lipinski definition) is 0. The molecule has 0 saturated heterocycles. The van der Waals surface area contributed by atoms with E-state index < -0.39 is 11.9 Å². The highest BCUT2D eigenvalue weighted by Gasteiger charge is 2.16. The monoisotopic (exact) mass is 434 g/mol. The lowest BCUT2D eigenvalue weighted by molar-refractivity contribution is 0.0449. The molecule has 0 atom stereocenters. The molecule has 0 aliphatic rings. The van der Waals surface area contributed by atoms with Crippen LogP contribution < -0.4 is 14.2 Å². The molecule has 166 valence electrons. The SMILES string of the molecule is CCCCOc1ccccc1C(=O)Oc1cccc(C(=O)OCCOc2ccccc2)c1. The fourth-order valence-corrected chi connectivity index (χ4v) is 2.83. The zero-order valence-corrected chi connectivity index (χ0v) is 18.0. The normalized spacial score (nSPS) is 10.3. The first-order valence-electron chi connectivity index (χ1n) is 10.6. The molecule has 32 heavy (non-hydrogen) atoms. The predicted octanol–water partition coefficient (Wildman–Crippen LogP) is 5.32. The molecule has 0 radical (unpaired) electrons. The fourth-order valence-electron chi connectivity index (χ4n) is 2.83. The molecule has 3 aromatic rings. The van der Waals surface area contributed by atoms with Gasteiger partial charge in [-0.2, -0.15) is 0 Å². The predicted molar refractivity (Wildman–Crippen MR) is 120 cm³/mol. The van der Waals surface area contributed by atoms with Gasteiger partial charge in [-0.3, -0.25) is 0 Å². The Labute approximate surface area is 187 Å². The molecule has 0 spiro atoms. The average molecular weight is 434 g/mol. The minimum absolute atomic E-state index is 0.0974. The summed E-state index contributed by atoms with van der Waals surface area (Å²) >= 11 is 0. The third kappa shape index (κ3) is 6.87. The van der Waals surface area contributed by atoms with Crippen molar-refractivity contribution in [2.75, 3.05) is 19.8 Å². The number of carbonyl (C=O) groups is 2. The van der Waals surface area contributed by atoms with Gasteiger partial charge in [-0.15, -0.1) is 0 Å². The second-order valence-electron chi connectivity index (χ2n) is 6.91. The fraction of sp³-hybridized carbons (Fsp3) is 0.231. The second-order valence-corrected chi connectivity index (χ2v) is 6.91. The Balaban J connectivity index is 1.55. The third-order valence-electron chi connectivity index (χ3n) is 4.47. The number of para-hydroxylation sites is 2. The van der Waals surface area contributed by atoms with Crippen LogP contribution in [0.2, 0.25) is 0 Å². The summed E-state index contributed by atoms with van der Waals surface area (Å²) in [5, 5.41) is 0. The lowest BCUT2D eigenvalue weighted by Gasteiger charge is -2.11. The van der Waals surface area contributed by atoms with E-state index in [2.05, 4.69) is 6.92 Å². The number of unbranched alkanes of at least 4 members (excludes halogenated alkanes) is 1. The zero-order valence-electron chi connectivity index (χ0n) is 18.0. The summed E-state index contributed by atoms with van der Waals surface area (Å²) in [7, 11) is 0.